The van der Waals surface area contributed by atoms with E-state index in [1.807, 2.05) is 6.92 Å². The molecule has 2 aromatic rings. The molecule has 9 nitrogen and oxygen atoms in total. The maximum Gasteiger partial charge on any atom is 0.335 e. The number of barbiturate groups is 1. The molecule has 1 aliphatic rings. The number of imide groups is 2. The zero-order valence-electron chi connectivity index (χ0n) is 16.1. The summed E-state index contributed by atoms with van der Waals surface area (Å²) in [5.41, 5.74) is -0.149. The van der Waals surface area contributed by atoms with Crippen LogP contribution in [-0.2, 0) is 9.59 Å². The van der Waals surface area contributed by atoms with Crippen molar-refractivity contribution in [3.63, 3.8) is 0 Å². The summed E-state index contributed by atoms with van der Waals surface area (Å²) in [5.74, 6) is -1.51. The fourth-order valence-electron chi connectivity index (χ4n) is 2.79. The lowest BCUT2D eigenvalue weighted by molar-refractivity contribution is -0.384. The Morgan fingerprint density at radius 1 is 1.13 bits per heavy atom. The van der Waals surface area contributed by atoms with E-state index in [0.717, 1.165) is 18.6 Å². The summed E-state index contributed by atoms with van der Waals surface area (Å²) in [7, 11) is 0. The summed E-state index contributed by atoms with van der Waals surface area (Å²) >= 11 is 12.4. The van der Waals surface area contributed by atoms with Gasteiger partial charge in [-0.15, -0.1) is 0 Å². The minimum atomic E-state index is -0.972. The maximum absolute atomic E-state index is 12.9. The second kappa shape index (κ2) is 9.15. The zero-order valence-corrected chi connectivity index (χ0v) is 17.6. The Labute approximate surface area is 186 Å². The summed E-state index contributed by atoms with van der Waals surface area (Å²) in [6.07, 6.45) is 1.99. The van der Waals surface area contributed by atoms with Crippen LogP contribution in [0.2, 0.25) is 10.0 Å². The third kappa shape index (κ3) is 4.68. The van der Waals surface area contributed by atoms with Gasteiger partial charge in [0, 0.05) is 12.1 Å². The SMILES string of the molecule is CCCOc1c(Cl)cc(/C=C2\C(=O)NC(=O)N(c3ccc([N+](=O)[O-])cc3)C2=O)cc1Cl. The van der Waals surface area contributed by atoms with Gasteiger partial charge in [0.25, 0.3) is 17.5 Å². The normalized spacial score (nSPS) is 15.3. The van der Waals surface area contributed by atoms with Crippen LogP contribution in [0.5, 0.6) is 5.75 Å². The number of carbonyl (C=O) groups is 3. The van der Waals surface area contributed by atoms with Gasteiger partial charge in [0.05, 0.1) is 27.3 Å². The molecule has 160 valence electrons. The predicted octanol–water partition coefficient (Wildman–Crippen LogP) is 4.36. The number of ether oxygens (including phenoxy) is 1. The van der Waals surface area contributed by atoms with Crippen LogP contribution in [0.3, 0.4) is 0 Å². The first kappa shape index (κ1) is 22.3. The monoisotopic (exact) mass is 463 g/mol. The van der Waals surface area contributed by atoms with E-state index in [9.17, 15) is 24.5 Å². The van der Waals surface area contributed by atoms with Crippen molar-refractivity contribution in [2.24, 2.45) is 0 Å². The minimum Gasteiger partial charge on any atom is -0.490 e. The molecule has 4 amide bonds. The van der Waals surface area contributed by atoms with Crippen molar-refractivity contribution < 1.29 is 24.0 Å². The number of amides is 4. The molecule has 0 aliphatic carbocycles. The second-order valence-electron chi connectivity index (χ2n) is 6.39. The Bertz CT molecular complexity index is 1090. The predicted molar refractivity (Wildman–Crippen MR) is 114 cm³/mol. The number of nitrogens with zero attached hydrogens (tertiary/aromatic N) is 2. The fraction of sp³-hybridized carbons (Fsp3) is 0.150. The van der Waals surface area contributed by atoms with Gasteiger partial charge in [-0.1, -0.05) is 30.1 Å². The van der Waals surface area contributed by atoms with Gasteiger partial charge in [-0.05, 0) is 42.3 Å². The molecule has 1 saturated heterocycles. The van der Waals surface area contributed by atoms with Gasteiger partial charge in [0.1, 0.15) is 5.57 Å². The Kier molecular flexibility index (Phi) is 6.57. The quantitative estimate of drug-likeness (QED) is 0.294. The van der Waals surface area contributed by atoms with Crippen LogP contribution in [0.25, 0.3) is 6.08 Å². The molecular formula is C20H15Cl2N3O6. The van der Waals surface area contributed by atoms with E-state index in [0.29, 0.717) is 17.1 Å². The summed E-state index contributed by atoms with van der Waals surface area (Å²) < 4.78 is 5.49. The number of hydrogen-bond donors (Lipinski definition) is 1. The van der Waals surface area contributed by atoms with E-state index in [1.54, 1.807) is 0 Å². The molecule has 11 heteroatoms. The number of nitrogens with one attached hydrogen (secondary N) is 1. The molecule has 1 N–H and O–H groups in total. The van der Waals surface area contributed by atoms with Gasteiger partial charge in [-0.3, -0.25) is 25.0 Å². The number of rotatable bonds is 6. The largest absolute Gasteiger partial charge is 0.490 e. The zero-order chi connectivity index (χ0) is 22.7. The first-order chi connectivity index (χ1) is 14.7. The first-order valence-corrected chi connectivity index (χ1v) is 9.76. The molecule has 0 radical (unpaired) electrons. The van der Waals surface area contributed by atoms with E-state index in [-0.39, 0.29) is 32.7 Å². The van der Waals surface area contributed by atoms with Crippen LogP contribution in [0, 0.1) is 10.1 Å². The Morgan fingerprint density at radius 3 is 2.29 bits per heavy atom. The highest BCUT2D eigenvalue weighted by molar-refractivity contribution is 6.40. The standard InChI is InChI=1S/C20H15Cl2N3O6/c1-2-7-31-17-15(21)9-11(10-16(17)22)8-14-18(26)23-20(28)24(19(14)27)12-3-5-13(6-4-12)25(29)30/h3-6,8-10H,2,7H2,1H3,(H,23,26,28)/b14-8+. The van der Waals surface area contributed by atoms with E-state index >= 15 is 0 Å². The van der Waals surface area contributed by atoms with Gasteiger partial charge in [0.2, 0.25) is 0 Å². The van der Waals surface area contributed by atoms with Gasteiger partial charge < -0.3 is 4.74 Å². The van der Waals surface area contributed by atoms with Crippen molar-refractivity contribution in [2.75, 3.05) is 11.5 Å². The van der Waals surface area contributed by atoms with E-state index in [4.69, 9.17) is 27.9 Å². The highest BCUT2D eigenvalue weighted by Crippen LogP contribution is 2.35. The van der Waals surface area contributed by atoms with Crippen molar-refractivity contribution in [3.8, 4) is 5.75 Å². The smallest absolute Gasteiger partial charge is 0.335 e. The van der Waals surface area contributed by atoms with Crippen molar-refractivity contribution >= 4 is 58.5 Å². The van der Waals surface area contributed by atoms with E-state index in [2.05, 4.69) is 5.32 Å². The molecule has 31 heavy (non-hydrogen) atoms. The third-order valence-corrected chi connectivity index (χ3v) is 4.76. The molecule has 2 aromatic carbocycles. The number of nitro groups is 1. The average molecular weight is 464 g/mol. The van der Waals surface area contributed by atoms with Gasteiger partial charge in [-0.2, -0.15) is 0 Å². The van der Waals surface area contributed by atoms with Crippen LogP contribution in [0.4, 0.5) is 16.2 Å². The average Bonchev–Trinajstić information content (AvgIpc) is 2.71. The van der Waals surface area contributed by atoms with Crippen molar-refractivity contribution in [1.82, 2.24) is 5.32 Å². The topological polar surface area (TPSA) is 119 Å². The molecule has 0 aromatic heterocycles. The lowest BCUT2D eigenvalue weighted by atomic mass is 10.1. The highest BCUT2D eigenvalue weighted by Gasteiger charge is 2.37. The number of nitro benzene ring substituents is 1. The summed E-state index contributed by atoms with van der Waals surface area (Å²) in [6.45, 7) is 2.33. The number of halogens is 2. The molecule has 0 unspecified atom stereocenters. The van der Waals surface area contributed by atoms with Crippen molar-refractivity contribution in [3.05, 3.63) is 67.7 Å². The number of anilines is 1. The molecule has 1 fully saturated rings. The Morgan fingerprint density at radius 2 is 1.74 bits per heavy atom. The highest BCUT2D eigenvalue weighted by atomic mass is 35.5. The van der Waals surface area contributed by atoms with Crippen LogP contribution >= 0.6 is 23.2 Å². The summed E-state index contributed by atoms with van der Waals surface area (Å²) in [6, 6.07) is 6.72. The number of non-ortho nitro benzene ring substituents is 1. The van der Waals surface area contributed by atoms with Crippen molar-refractivity contribution in [2.45, 2.75) is 13.3 Å². The minimum absolute atomic E-state index is 0.0610. The molecule has 0 bridgehead atoms. The van der Waals surface area contributed by atoms with Gasteiger partial charge >= 0.3 is 6.03 Å². The number of hydrogen-bond acceptors (Lipinski definition) is 6. The van der Waals surface area contributed by atoms with Crippen LogP contribution < -0.4 is 15.0 Å². The number of urea groups is 1. The molecule has 0 atom stereocenters. The van der Waals surface area contributed by atoms with Crippen LogP contribution in [-0.4, -0.2) is 29.4 Å². The Balaban J connectivity index is 1.96. The molecule has 3 rings (SSSR count). The number of carbonyl (C=O) groups excluding carboxylic acids is 3. The Hall–Kier alpha value is -3.43. The molecule has 1 aliphatic heterocycles. The van der Waals surface area contributed by atoms with E-state index in [1.165, 1.54) is 30.3 Å². The fourth-order valence-corrected chi connectivity index (χ4v) is 3.40. The lowest BCUT2D eigenvalue weighted by Gasteiger charge is -2.26. The third-order valence-electron chi connectivity index (χ3n) is 4.20. The van der Waals surface area contributed by atoms with Gasteiger partial charge in [-0.25, -0.2) is 9.69 Å². The summed E-state index contributed by atoms with van der Waals surface area (Å²) in [5, 5.41) is 13.3. The first-order valence-electron chi connectivity index (χ1n) is 9.00. The van der Waals surface area contributed by atoms with Gasteiger partial charge in [0.15, 0.2) is 5.75 Å². The number of benzene rings is 2. The lowest BCUT2D eigenvalue weighted by Crippen LogP contribution is -2.54. The maximum atomic E-state index is 12.9. The summed E-state index contributed by atoms with van der Waals surface area (Å²) in [4.78, 5) is 48.3. The molecular weight excluding hydrogens is 449 g/mol. The second-order valence-corrected chi connectivity index (χ2v) is 7.21. The van der Waals surface area contributed by atoms with Crippen LogP contribution in [0.15, 0.2) is 42.0 Å². The molecule has 0 spiro atoms. The molecule has 1 heterocycles. The van der Waals surface area contributed by atoms with Crippen molar-refractivity contribution in [1.29, 1.82) is 0 Å². The molecule has 0 saturated carbocycles. The van der Waals surface area contributed by atoms with E-state index < -0.39 is 22.8 Å². The van der Waals surface area contributed by atoms with Crippen LogP contribution in [0.1, 0.15) is 18.9 Å².